The molecule has 0 spiro atoms. The number of aryl methyl sites for hydroxylation is 2. The van der Waals surface area contributed by atoms with Crippen LogP contribution in [0.5, 0.6) is 0 Å². The molecule has 0 saturated carbocycles. The van der Waals surface area contributed by atoms with E-state index >= 15 is 0 Å². The molecule has 8 heavy (non-hydrogen) atoms. The fraction of sp³-hybridized carbons (Fsp3) is 0.333. The summed E-state index contributed by atoms with van der Waals surface area (Å²) in [6.07, 6.45) is 0. The first kappa shape index (κ1) is 5.70. The molecule has 0 aliphatic rings. The molecule has 1 aromatic heterocycles. The van der Waals surface area contributed by atoms with E-state index in [2.05, 4.69) is 0 Å². The lowest BCUT2D eigenvalue weighted by atomic mass is 10.5. The lowest BCUT2D eigenvalue weighted by molar-refractivity contribution is 0.505. The van der Waals surface area contributed by atoms with Crippen LogP contribution in [-0.2, 0) is 0 Å². The van der Waals surface area contributed by atoms with E-state index in [-0.39, 0.29) is 0 Å². The van der Waals surface area contributed by atoms with Crippen molar-refractivity contribution in [3.8, 4) is 0 Å². The predicted octanol–water partition coefficient (Wildman–Crippen LogP) is 2.55. The van der Waals surface area contributed by atoms with Crippen LogP contribution in [0.3, 0.4) is 0 Å². The molecular weight excluding hydrogens is 124 g/mol. The number of hydrogen-bond donors (Lipinski definition) is 0. The molecule has 0 atom stereocenters. The zero-order valence-electron chi connectivity index (χ0n) is 4.86. The highest BCUT2D eigenvalue weighted by atomic mass is 35.5. The van der Waals surface area contributed by atoms with E-state index in [0.717, 1.165) is 11.5 Å². The summed E-state index contributed by atoms with van der Waals surface area (Å²) < 4.78 is 5.08. The monoisotopic (exact) mass is 130 g/mol. The number of furan rings is 1. The smallest absolute Gasteiger partial charge is 0.119 e. The van der Waals surface area contributed by atoms with Crippen LogP contribution < -0.4 is 0 Å². The number of rotatable bonds is 0. The van der Waals surface area contributed by atoms with Crippen molar-refractivity contribution in [1.29, 1.82) is 0 Å². The fourth-order valence-corrected chi connectivity index (χ4v) is 0.792. The van der Waals surface area contributed by atoms with Crippen LogP contribution in [0.25, 0.3) is 0 Å². The van der Waals surface area contributed by atoms with Gasteiger partial charge >= 0.3 is 0 Å². The summed E-state index contributed by atoms with van der Waals surface area (Å²) in [6.45, 7) is 3.72. The highest BCUT2D eigenvalue weighted by Gasteiger charge is 1.97. The Hall–Kier alpha value is -0.430. The van der Waals surface area contributed by atoms with Crippen LogP contribution in [0.2, 0.25) is 5.02 Å². The summed E-state index contributed by atoms with van der Waals surface area (Å²) in [5, 5.41) is 0.711. The molecule has 2 heteroatoms. The lowest BCUT2D eigenvalue weighted by Gasteiger charge is -1.78. The zero-order valence-corrected chi connectivity index (χ0v) is 5.62. The van der Waals surface area contributed by atoms with Gasteiger partial charge in [0.05, 0.1) is 5.02 Å². The van der Waals surface area contributed by atoms with Gasteiger partial charge in [-0.25, -0.2) is 0 Å². The molecule has 0 radical (unpaired) electrons. The van der Waals surface area contributed by atoms with Crippen molar-refractivity contribution in [2.24, 2.45) is 0 Å². The summed E-state index contributed by atoms with van der Waals surface area (Å²) in [5.74, 6) is 1.66. The molecule has 0 fully saturated rings. The van der Waals surface area contributed by atoms with Gasteiger partial charge in [-0.15, -0.1) is 0 Å². The van der Waals surface area contributed by atoms with Gasteiger partial charge in [-0.05, 0) is 19.9 Å². The topological polar surface area (TPSA) is 13.1 Å². The van der Waals surface area contributed by atoms with E-state index in [9.17, 15) is 0 Å². The van der Waals surface area contributed by atoms with Crippen molar-refractivity contribution in [2.45, 2.75) is 13.8 Å². The van der Waals surface area contributed by atoms with Crippen LogP contribution in [-0.4, -0.2) is 0 Å². The van der Waals surface area contributed by atoms with Gasteiger partial charge in [0, 0.05) is 0 Å². The van der Waals surface area contributed by atoms with Crippen molar-refractivity contribution < 1.29 is 4.42 Å². The van der Waals surface area contributed by atoms with Crippen LogP contribution in [0.15, 0.2) is 10.5 Å². The quantitative estimate of drug-likeness (QED) is 0.526. The minimum Gasteiger partial charge on any atom is -0.465 e. The molecule has 0 aromatic carbocycles. The van der Waals surface area contributed by atoms with Crippen LogP contribution in [0.4, 0.5) is 0 Å². The molecule has 1 heterocycles. The highest BCUT2D eigenvalue weighted by Crippen LogP contribution is 2.18. The van der Waals surface area contributed by atoms with E-state index in [0.29, 0.717) is 5.02 Å². The predicted molar refractivity (Wildman–Crippen MR) is 33.2 cm³/mol. The third-order valence-electron chi connectivity index (χ3n) is 0.980. The molecule has 0 N–H and O–H groups in total. The minimum absolute atomic E-state index is 0.711. The Morgan fingerprint density at radius 1 is 1.50 bits per heavy atom. The maximum absolute atomic E-state index is 5.64. The molecule has 44 valence electrons. The Morgan fingerprint density at radius 3 is 2.25 bits per heavy atom. The normalized spacial score (nSPS) is 9.88. The Morgan fingerprint density at radius 2 is 2.12 bits per heavy atom. The Labute approximate surface area is 53.3 Å². The molecule has 0 aliphatic heterocycles. The molecule has 0 saturated heterocycles. The van der Waals surface area contributed by atoms with Gasteiger partial charge in [0.1, 0.15) is 11.5 Å². The first-order valence-corrected chi connectivity index (χ1v) is 2.80. The van der Waals surface area contributed by atoms with Crippen molar-refractivity contribution in [3.05, 3.63) is 22.6 Å². The molecule has 0 unspecified atom stereocenters. The number of hydrogen-bond acceptors (Lipinski definition) is 1. The second kappa shape index (κ2) is 1.82. The lowest BCUT2D eigenvalue weighted by Crippen LogP contribution is -1.56. The molecule has 0 aliphatic carbocycles. The largest absolute Gasteiger partial charge is 0.465 e. The average Bonchev–Trinajstić information content (AvgIpc) is 1.85. The third-order valence-corrected chi connectivity index (χ3v) is 1.36. The van der Waals surface area contributed by atoms with Crippen molar-refractivity contribution in [2.75, 3.05) is 0 Å². The first-order chi connectivity index (χ1) is 3.70. The Kier molecular flexibility index (Phi) is 1.30. The zero-order chi connectivity index (χ0) is 6.15. The fourth-order valence-electron chi connectivity index (χ4n) is 0.600. The Balaban J connectivity index is 3.14. The summed E-state index contributed by atoms with van der Waals surface area (Å²) in [5.41, 5.74) is 0. The molecule has 1 aromatic rings. The van der Waals surface area contributed by atoms with Crippen LogP contribution in [0.1, 0.15) is 11.5 Å². The first-order valence-electron chi connectivity index (χ1n) is 2.42. The summed E-state index contributed by atoms with van der Waals surface area (Å²) in [4.78, 5) is 0. The Bertz CT molecular complexity index is 171. The minimum atomic E-state index is 0.711. The van der Waals surface area contributed by atoms with E-state index in [1.807, 2.05) is 13.8 Å². The van der Waals surface area contributed by atoms with E-state index in [1.165, 1.54) is 0 Å². The van der Waals surface area contributed by atoms with E-state index in [1.54, 1.807) is 6.07 Å². The average molecular weight is 131 g/mol. The van der Waals surface area contributed by atoms with E-state index in [4.69, 9.17) is 16.0 Å². The summed E-state index contributed by atoms with van der Waals surface area (Å²) in [6, 6.07) is 1.80. The van der Waals surface area contributed by atoms with Crippen LogP contribution in [0, 0.1) is 13.8 Å². The maximum Gasteiger partial charge on any atom is 0.119 e. The van der Waals surface area contributed by atoms with Crippen molar-refractivity contribution in [1.82, 2.24) is 0 Å². The van der Waals surface area contributed by atoms with Gasteiger partial charge in [0.15, 0.2) is 0 Å². The highest BCUT2D eigenvalue weighted by molar-refractivity contribution is 6.31. The van der Waals surface area contributed by atoms with Gasteiger partial charge in [-0.2, -0.15) is 0 Å². The SMILES string of the molecule is Cc1cc(Cl)c(C)o1. The number of halogens is 1. The third kappa shape index (κ3) is 0.869. The molecule has 1 nitrogen and oxygen atoms in total. The van der Waals surface area contributed by atoms with Crippen molar-refractivity contribution in [3.63, 3.8) is 0 Å². The van der Waals surface area contributed by atoms with Crippen molar-refractivity contribution >= 4 is 11.6 Å². The second-order valence-electron chi connectivity index (χ2n) is 1.76. The maximum atomic E-state index is 5.64. The van der Waals surface area contributed by atoms with Gasteiger partial charge in [0.25, 0.3) is 0 Å². The van der Waals surface area contributed by atoms with Gasteiger partial charge in [-0.3, -0.25) is 0 Å². The second-order valence-corrected chi connectivity index (χ2v) is 2.17. The van der Waals surface area contributed by atoms with Gasteiger partial charge < -0.3 is 4.42 Å². The molecular formula is C6H7ClO. The summed E-state index contributed by atoms with van der Waals surface area (Å²) >= 11 is 5.64. The molecule has 1 rings (SSSR count). The van der Waals surface area contributed by atoms with Crippen LogP contribution >= 0.6 is 11.6 Å². The molecule has 0 bridgehead atoms. The molecule has 0 amide bonds. The standard InChI is InChI=1S/C6H7ClO/c1-4-3-6(7)5(2)8-4/h3H,1-2H3. The van der Waals surface area contributed by atoms with E-state index < -0.39 is 0 Å². The summed E-state index contributed by atoms with van der Waals surface area (Å²) in [7, 11) is 0. The van der Waals surface area contributed by atoms with Gasteiger partial charge in [-0.1, -0.05) is 11.6 Å². The van der Waals surface area contributed by atoms with Gasteiger partial charge in [0.2, 0.25) is 0 Å².